The van der Waals surface area contributed by atoms with Gasteiger partial charge in [-0.05, 0) is 13.8 Å². The van der Waals surface area contributed by atoms with Crippen LogP contribution in [0, 0.1) is 0 Å². The van der Waals surface area contributed by atoms with Crippen molar-refractivity contribution in [2.45, 2.75) is 19.6 Å². The van der Waals surface area contributed by atoms with Gasteiger partial charge in [0.15, 0.2) is 5.72 Å². The van der Waals surface area contributed by atoms with Gasteiger partial charge in [0.2, 0.25) is 0 Å². The average molecular weight is 145 g/mol. The summed E-state index contributed by atoms with van der Waals surface area (Å²) in [5, 5.41) is 11.7. The lowest BCUT2D eigenvalue weighted by Crippen LogP contribution is -2.46. The van der Waals surface area contributed by atoms with Gasteiger partial charge in [-0.25, -0.2) is 0 Å². The van der Waals surface area contributed by atoms with Crippen LogP contribution in [0.15, 0.2) is 12.3 Å². The van der Waals surface area contributed by atoms with Crippen molar-refractivity contribution in [3.05, 3.63) is 12.3 Å². The zero-order chi connectivity index (χ0) is 8.20. The number of methoxy groups -OCH3 is 1. The summed E-state index contributed by atoms with van der Waals surface area (Å²) in [5.41, 5.74) is 0.0876. The first kappa shape index (κ1) is 9.46. The Labute approximate surface area is 61.7 Å². The Balaban J connectivity index is 3.92. The van der Waals surface area contributed by atoms with Crippen molar-refractivity contribution in [1.82, 2.24) is 5.32 Å². The first-order valence-corrected chi connectivity index (χ1v) is 3.14. The number of hydrogen-bond donors (Lipinski definition) is 2. The molecule has 10 heavy (non-hydrogen) atoms. The van der Waals surface area contributed by atoms with Gasteiger partial charge in [-0.1, -0.05) is 6.58 Å². The number of nitrogens with one attached hydrogen (secondary N) is 1. The summed E-state index contributed by atoms with van der Waals surface area (Å²) in [6.07, 6.45) is 0. The second-order valence-electron chi connectivity index (χ2n) is 2.50. The van der Waals surface area contributed by atoms with Crippen LogP contribution in [-0.2, 0) is 4.74 Å². The Hall–Kier alpha value is -0.540. The van der Waals surface area contributed by atoms with Gasteiger partial charge in [0.05, 0.1) is 6.61 Å². The zero-order valence-electron chi connectivity index (χ0n) is 6.77. The molecule has 0 saturated heterocycles. The molecular weight excluding hydrogens is 130 g/mol. The SMILES string of the molecule is C=C(C)NC(C)(CO)OC. The zero-order valence-corrected chi connectivity index (χ0v) is 6.77. The fourth-order valence-electron chi connectivity index (χ4n) is 0.607. The van der Waals surface area contributed by atoms with Gasteiger partial charge < -0.3 is 15.2 Å². The molecule has 0 aliphatic carbocycles. The van der Waals surface area contributed by atoms with Crippen LogP contribution in [0.3, 0.4) is 0 Å². The number of rotatable bonds is 4. The summed E-state index contributed by atoms with van der Waals surface area (Å²) in [7, 11) is 1.53. The van der Waals surface area contributed by atoms with Crippen molar-refractivity contribution in [2.75, 3.05) is 13.7 Å². The van der Waals surface area contributed by atoms with Crippen LogP contribution >= 0.6 is 0 Å². The summed E-state index contributed by atoms with van der Waals surface area (Å²) in [5.74, 6) is 0. The van der Waals surface area contributed by atoms with Crippen molar-refractivity contribution in [1.29, 1.82) is 0 Å². The molecule has 1 atom stereocenters. The lowest BCUT2D eigenvalue weighted by atomic mass is 10.2. The average Bonchev–Trinajstić information content (AvgIpc) is 1.87. The predicted molar refractivity (Wildman–Crippen MR) is 40.4 cm³/mol. The molecule has 0 aliphatic heterocycles. The van der Waals surface area contributed by atoms with Crippen LogP contribution in [0.1, 0.15) is 13.8 Å². The number of allylic oxidation sites excluding steroid dienone is 1. The molecule has 0 fully saturated rings. The standard InChI is InChI=1S/C7H15NO2/c1-6(2)8-7(3,5-9)10-4/h8-9H,1,5H2,2-4H3. The third kappa shape index (κ3) is 2.85. The minimum absolute atomic E-state index is 0.0731. The maximum absolute atomic E-state index is 8.81. The molecule has 0 aliphatic rings. The lowest BCUT2D eigenvalue weighted by Gasteiger charge is -2.27. The van der Waals surface area contributed by atoms with Crippen molar-refractivity contribution in [2.24, 2.45) is 0 Å². The molecule has 1 unspecified atom stereocenters. The molecule has 2 N–H and O–H groups in total. The third-order valence-electron chi connectivity index (χ3n) is 1.23. The van der Waals surface area contributed by atoms with E-state index < -0.39 is 5.72 Å². The van der Waals surface area contributed by atoms with E-state index >= 15 is 0 Å². The maximum atomic E-state index is 8.81. The van der Waals surface area contributed by atoms with E-state index in [-0.39, 0.29) is 6.61 Å². The van der Waals surface area contributed by atoms with Crippen LogP contribution < -0.4 is 5.32 Å². The molecule has 0 bridgehead atoms. The number of hydrogen-bond acceptors (Lipinski definition) is 3. The van der Waals surface area contributed by atoms with Gasteiger partial charge in [-0.3, -0.25) is 0 Å². The summed E-state index contributed by atoms with van der Waals surface area (Å²) < 4.78 is 4.98. The van der Waals surface area contributed by atoms with Gasteiger partial charge in [0, 0.05) is 12.8 Å². The smallest absolute Gasteiger partial charge is 0.158 e. The quantitative estimate of drug-likeness (QED) is 0.565. The van der Waals surface area contributed by atoms with Gasteiger partial charge in [0.1, 0.15) is 0 Å². The highest BCUT2D eigenvalue weighted by Crippen LogP contribution is 2.04. The predicted octanol–water partition coefficient (Wildman–Crippen LogP) is 0.465. The monoisotopic (exact) mass is 145 g/mol. The van der Waals surface area contributed by atoms with Crippen LogP contribution in [-0.4, -0.2) is 24.5 Å². The minimum atomic E-state index is -0.689. The molecular formula is C7H15NO2. The van der Waals surface area contributed by atoms with Crippen molar-refractivity contribution < 1.29 is 9.84 Å². The molecule has 0 rings (SSSR count). The number of aliphatic hydroxyl groups is 1. The second kappa shape index (κ2) is 3.58. The van der Waals surface area contributed by atoms with E-state index in [0.29, 0.717) is 0 Å². The molecule has 0 heterocycles. The molecule has 0 aromatic carbocycles. The Morgan fingerprint density at radius 2 is 2.30 bits per heavy atom. The van der Waals surface area contributed by atoms with Crippen LogP contribution in [0.5, 0.6) is 0 Å². The largest absolute Gasteiger partial charge is 0.391 e. The molecule has 3 heteroatoms. The van der Waals surface area contributed by atoms with E-state index in [2.05, 4.69) is 11.9 Å². The Morgan fingerprint density at radius 1 is 1.80 bits per heavy atom. The first-order valence-electron chi connectivity index (χ1n) is 3.14. The van der Waals surface area contributed by atoms with Gasteiger partial charge in [-0.2, -0.15) is 0 Å². The molecule has 0 aromatic rings. The highest BCUT2D eigenvalue weighted by atomic mass is 16.5. The molecule has 3 nitrogen and oxygen atoms in total. The summed E-state index contributed by atoms with van der Waals surface area (Å²) >= 11 is 0. The molecule has 60 valence electrons. The fraction of sp³-hybridized carbons (Fsp3) is 0.714. The van der Waals surface area contributed by atoms with E-state index in [1.54, 1.807) is 6.92 Å². The second-order valence-corrected chi connectivity index (χ2v) is 2.50. The minimum Gasteiger partial charge on any atom is -0.391 e. The highest BCUT2D eigenvalue weighted by Gasteiger charge is 2.20. The number of ether oxygens (including phenoxy) is 1. The van der Waals surface area contributed by atoms with Crippen molar-refractivity contribution in [3.63, 3.8) is 0 Å². The topological polar surface area (TPSA) is 41.5 Å². The van der Waals surface area contributed by atoms with Crippen LogP contribution in [0.2, 0.25) is 0 Å². The Kier molecular flexibility index (Phi) is 3.39. The fourth-order valence-corrected chi connectivity index (χ4v) is 0.607. The summed E-state index contributed by atoms with van der Waals surface area (Å²) in [4.78, 5) is 0. The third-order valence-corrected chi connectivity index (χ3v) is 1.23. The van der Waals surface area contributed by atoms with Crippen LogP contribution in [0.25, 0.3) is 0 Å². The summed E-state index contributed by atoms with van der Waals surface area (Å²) in [6, 6.07) is 0. The maximum Gasteiger partial charge on any atom is 0.158 e. The molecule has 0 spiro atoms. The van der Waals surface area contributed by atoms with E-state index in [1.165, 1.54) is 7.11 Å². The van der Waals surface area contributed by atoms with Gasteiger partial charge >= 0.3 is 0 Å². The van der Waals surface area contributed by atoms with Gasteiger partial charge in [-0.15, -0.1) is 0 Å². The van der Waals surface area contributed by atoms with E-state index in [0.717, 1.165) is 5.70 Å². The first-order chi connectivity index (χ1) is 4.54. The van der Waals surface area contributed by atoms with Crippen molar-refractivity contribution in [3.8, 4) is 0 Å². The molecule has 0 amide bonds. The number of aliphatic hydroxyl groups excluding tert-OH is 1. The Bertz CT molecular complexity index is 119. The normalized spacial score (nSPS) is 16.0. The molecule has 0 aromatic heterocycles. The Morgan fingerprint density at radius 3 is 2.40 bits per heavy atom. The summed E-state index contributed by atoms with van der Waals surface area (Å²) in [6.45, 7) is 7.12. The van der Waals surface area contributed by atoms with E-state index in [1.807, 2.05) is 6.92 Å². The highest BCUT2D eigenvalue weighted by molar-refractivity contribution is 4.90. The van der Waals surface area contributed by atoms with Crippen LogP contribution in [0.4, 0.5) is 0 Å². The molecule has 0 radical (unpaired) electrons. The van der Waals surface area contributed by atoms with E-state index in [4.69, 9.17) is 9.84 Å². The van der Waals surface area contributed by atoms with Gasteiger partial charge in [0.25, 0.3) is 0 Å². The molecule has 0 saturated carbocycles. The van der Waals surface area contributed by atoms with E-state index in [9.17, 15) is 0 Å². The lowest BCUT2D eigenvalue weighted by molar-refractivity contribution is -0.0555. The van der Waals surface area contributed by atoms with Crippen molar-refractivity contribution >= 4 is 0 Å².